The molecule has 2 aromatic rings. The minimum atomic E-state index is -0.198. The van der Waals surface area contributed by atoms with Gasteiger partial charge in [0.1, 0.15) is 0 Å². The molecule has 2 rings (SSSR count). The van der Waals surface area contributed by atoms with Crippen LogP contribution in [0.3, 0.4) is 0 Å². The smallest absolute Gasteiger partial charge is 0.318 e. The summed E-state index contributed by atoms with van der Waals surface area (Å²) >= 11 is 1.66. The normalized spacial score (nSPS) is 10.6. The van der Waals surface area contributed by atoms with E-state index < -0.39 is 0 Å². The summed E-state index contributed by atoms with van der Waals surface area (Å²) in [5, 5.41) is 18.9. The Balaban J connectivity index is 1.91. The van der Waals surface area contributed by atoms with Crippen LogP contribution in [0.2, 0.25) is 0 Å². The summed E-state index contributed by atoms with van der Waals surface area (Å²) in [6, 6.07) is 5.73. The van der Waals surface area contributed by atoms with E-state index in [0.29, 0.717) is 19.6 Å². The predicted octanol–water partition coefficient (Wildman–Crippen LogP) is 1.79. The van der Waals surface area contributed by atoms with Gasteiger partial charge in [0, 0.05) is 22.0 Å². The number of rotatable bonds is 6. The number of aromatic amines is 1. The molecule has 0 saturated carbocycles. The molecule has 0 atom stereocenters. The van der Waals surface area contributed by atoms with E-state index in [9.17, 15) is 4.79 Å². The van der Waals surface area contributed by atoms with E-state index in [2.05, 4.69) is 15.5 Å². The van der Waals surface area contributed by atoms with E-state index in [1.807, 2.05) is 32.0 Å². The number of aromatic nitrogens is 2. The zero-order chi connectivity index (χ0) is 15.2. The van der Waals surface area contributed by atoms with Crippen LogP contribution in [0.4, 0.5) is 4.79 Å². The quantitative estimate of drug-likeness (QED) is 0.761. The van der Waals surface area contributed by atoms with Crippen LogP contribution >= 0.6 is 11.3 Å². The molecule has 0 aliphatic rings. The number of hydrogen-bond acceptors (Lipinski definition) is 4. The molecule has 0 unspecified atom stereocenters. The van der Waals surface area contributed by atoms with Gasteiger partial charge in [0.2, 0.25) is 0 Å². The van der Waals surface area contributed by atoms with Crippen molar-refractivity contribution in [2.75, 3.05) is 13.2 Å². The molecule has 0 radical (unpaired) electrons. The summed E-state index contributed by atoms with van der Waals surface area (Å²) in [5.74, 6) is 0. The van der Waals surface area contributed by atoms with Gasteiger partial charge in [-0.15, -0.1) is 11.3 Å². The van der Waals surface area contributed by atoms with Gasteiger partial charge in [-0.2, -0.15) is 5.10 Å². The number of carbonyl (C=O) groups excluding carboxylic acids is 1. The van der Waals surface area contributed by atoms with Crippen molar-refractivity contribution in [3.63, 3.8) is 0 Å². The third kappa shape index (κ3) is 4.57. The van der Waals surface area contributed by atoms with Gasteiger partial charge in [-0.3, -0.25) is 5.10 Å². The number of amides is 2. The van der Waals surface area contributed by atoms with Crippen molar-refractivity contribution in [2.24, 2.45) is 0 Å². The molecule has 0 fully saturated rings. The standard InChI is InChI=1S/C14H20N4O2S/c1-10-7-12(17-16-10)8-15-14(20)18(5-6-19)9-13-4-3-11(2)21-13/h3-4,7,19H,5-6,8-9H2,1-2H3,(H,15,20)(H,16,17). The fourth-order valence-electron chi connectivity index (χ4n) is 1.97. The Morgan fingerprint density at radius 3 is 2.86 bits per heavy atom. The Morgan fingerprint density at radius 1 is 1.48 bits per heavy atom. The number of thiophene rings is 1. The lowest BCUT2D eigenvalue weighted by atomic mass is 10.3. The lowest BCUT2D eigenvalue weighted by Crippen LogP contribution is -2.40. The first-order valence-electron chi connectivity index (χ1n) is 6.78. The number of hydrogen-bond donors (Lipinski definition) is 3. The van der Waals surface area contributed by atoms with Gasteiger partial charge in [0.25, 0.3) is 0 Å². The van der Waals surface area contributed by atoms with E-state index in [1.165, 1.54) is 4.88 Å². The van der Waals surface area contributed by atoms with Gasteiger partial charge < -0.3 is 15.3 Å². The third-order valence-electron chi connectivity index (χ3n) is 2.98. The van der Waals surface area contributed by atoms with Crippen LogP contribution in [0.25, 0.3) is 0 Å². The molecule has 2 aromatic heterocycles. The van der Waals surface area contributed by atoms with Crippen LogP contribution in [0.1, 0.15) is 21.1 Å². The predicted molar refractivity (Wildman–Crippen MR) is 82.1 cm³/mol. The Kier molecular flexibility index (Phi) is 5.35. The van der Waals surface area contributed by atoms with Crippen molar-refractivity contribution >= 4 is 17.4 Å². The Bertz CT molecular complexity index is 593. The Hall–Kier alpha value is -1.86. The van der Waals surface area contributed by atoms with Gasteiger partial charge in [-0.05, 0) is 32.0 Å². The van der Waals surface area contributed by atoms with Crippen LogP contribution in [0, 0.1) is 13.8 Å². The number of aliphatic hydroxyl groups is 1. The molecule has 114 valence electrons. The molecule has 2 heterocycles. The van der Waals surface area contributed by atoms with Crippen LogP contribution in [0.5, 0.6) is 0 Å². The first-order chi connectivity index (χ1) is 10.1. The van der Waals surface area contributed by atoms with Gasteiger partial charge in [-0.25, -0.2) is 4.79 Å². The van der Waals surface area contributed by atoms with Crippen molar-refractivity contribution in [3.8, 4) is 0 Å². The average molecular weight is 308 g/mol. The maximum absolute atomic E-state index is 12.2. The maximum atomic E-state index is 12.2. The molecule has 0 aliphatic carbocycles. The second-order valence-electron chi connectivity index (χ2n) is 4.86. The summed E-state index contributed by atoms with van der Waals surface area (Å²) in [7, 11) is 0. The first-order valence-corrected chi connectivity index (χ1v) is 7.60. The van der Waals surface area contributed by atoms with E-state index in [0.717, 1.165) is 16.3 Å². The van der Waals surface area contributed by atoms with Crippen molar-refractivity contribution in [1.29, 1.82) is 0 Å². The first kappa shape index (κ1) is 15.5. The second-order valence-corrected chi connectivity index (χ2v) is 6.23. The Labute approximate surface area is 127 Å². The topological polar surface area (TPSA) is 81.2 Å². The largest absolute Gasteiger partial charge is 0.395 e. The SMILES string of the molecule is Cc1cc(CNC(=O)N(CCO)Cc2ccc(C)s2)n[nH]1. The molecule has 21 heavy (non-hydrogen) atoms. The van der Waals surface area contributed by atoms with E-state index in [4.69, 9.17) is 5.11 Å². The highest BCUT2D eigenvalue weighted by Crippen LogP contribution is 2.17. The molecule has 0 aliphatic heterocycles. The van der Waals surface area contributed by atoms with Gasteiger partial charge in [0.15, 0.2) is 0 Å². The summed E-state index contributed by atoms with van der Waals surface area (Å²) in [5.41, 5.74) is 1.75. The van der Waals surface area contributed by atoms with Crippen molar-refractivity contribution in [3.05, 3.63) is 39.3 Å². The van der Waals surface area contributed by atoms with Gasteiger partial charge in [0.05, 0.1) is 25.4 Å². The second kappa shape index (κ2) is 7.24. The highest BCUT2D eigenvalue weighted by Gasteiger charge is 2.14. The molecule has 0 aromatic carbocycles. The number of urea groups is 1. The molecule has 2 amide bonds. The number of aryl methyl sites for hydroxylation is 2. The fraction of sp³-hybridized carbons (Fsp3) is 0.429. The Morgan fingerprint density at radius 2 is 2.29 bits per heavy atom. The molecule has 0 bridgehead atoms. The zero-order valence-corrected chi connectivity index (χ0v) is 13.0. The number of nitrogens with one attached hydrogen (secondary N) is 2. The highest BCUT2D eigenvalue weighted by atomic mass is 32.1. The minimum absolute atomic E-state index is 0.0563. The summed E-state index contributed by atoms with van der Waals surface area (Å²) in [6.07, 6.45) is 0. The summed E-state index contributed by atoms with van der Waals surface area (Å²) in [4.78, 5) is 16.1. The molecule has 3 N–H and O–H groups in total. The maximum Gasteiger partial charge on any atom is 0.318 e. The minimum Gasteiger partial charge on any atom is -0.395 e. The number of aliphatic hydroxyl groups excluding tert-OH is 1. The molecule has 6 nitrogen and oxygen atoms in total. The van der Waals surface area contributed by atoms with E-state index >= 15 is 0 Å². The van der Waals surface area contributed by atoms with Gasteiger partial charge in [-0.1, -0.05) is 0 Å². The molecule has 0 saturated heterocycles. The highest BCUT2D eigenvalue weighted by molar-refractivity contribution is 7.11. The van der Waals surface area contributed by atoms with Crippen LogP contribution in [-0.4, -0.2) is 39.4 Å². The average Bonchev–Trinajstić information content (AvgIpc) is 3.04. The summed E-state index contributed by atoms with van der Waals surface area (Å²) in [6.45, 7) is 5.07. The molecule has 0 spiro atoms. The van der Waals surface area contributed by atoms with Crippen molar-refractivity contribution in [2.45, 2.75) is 26.9 Å². The fourth-order valence-corrected chi connectivity index (χ4v) is 2.88. The van der Waals surface area contributed by atoms with Crippen LogP contribution in [-0.2, 0) is 13.1 Å². The lowest BCUT2D eigenvalue weighted by Gasteiger charge is -2.21. The monoisotopic (exact) mass is 308 g/mol. The molecule has 7 heteroatoms. The summed E-state index contributed by atoms with van der Waals surface area (Å²) < 4.78 is 0. The van der Waals surface area contributed by atoms with Gasteiger partial charge >= 0.3 is 6.03 Å². The van der Waals surface area contributed by atoms with Crippen molar-refractivity contribution < 1.29 is 9.90 Å². The van der Waals surface area contributed by atoms with E-state index in [-0.39, 0.29) is 12.6 Å². The van der Waals surface area contributed by atoms with E-state index in [1.54, 1.807) is 16.2 Å². The number of carbonyl (C=O) groups is 1. The zero-order valence-electron chi connectivity index (χ0n) is 12.2. The van der Waals surface area contributed by atoms with Crippen LogP contribution in [0.15, 0.2) is 18.2 Å². The third-order valence-corrected chi connectivity index (χ3v) is 3.96. The lowest BCUT2D eigenvalue weighted by molar-refractivity contribution is 0.174. The molecular weight excluding hydrogens is 288 g/mol. The van der Waals surface area contributed by atoms with Crippen molar-refractivity contribution in [1.82, 2.24) is 20.4 Å². The number of nitrogens with zero attached hydrogens (tertiary/aromatic N) is 2. The number of H-pyrrole nitrogens is 1. The molecular formula is C14H20N4O2S. The van der Waals surface area contributed by atoms with Crippen LogP contribution < -0.4 is 5.32 Å².